The summed E-state index contributed by atoms with van der Waals surface area (Å²) >= 11 is 0. The van der Waals surface area contributed by atoms with E-state index < -0.39 is 23.7 Å². The predicted molar refractivity (Wildman–Crippen MR) is 74.8 cm³/mol. The zero-order chi connectivity index (χ0) is 16.2. The molecule has 1 heterocycles. The number of nitrogens with zero attached hydrogens (tertiary/aromatic N) is 1. The molecule has 8 heteroatoms. The quantitative estimate of drug-likeness (QED) is 0.754. The number of amides is 1. The van der Waals surface area contributed by atoms with E-state index >= 15 is 0 Å². The Hall–Kier alpha value is -1.99. The molecule has 0 fully saturated rings. The summed E-state index contributed by atoms with van der Waals surface area (Å²) in [5.74, 6) is -0.782. The van der Waals surface area contributed by atoms with Crippen LogP contribution in [0.3, 0.4) is 0 Å². The van der Waals surface area contributed by atoms with Gasteiger partial charge in [0.25, 0.3) is 0 Å². The van der Waals surface area contributed by atoms with Gasteiger partial charge >= 0.3 is 6.18 Å². The molecule has 1 atom stereocenters. The van der Waals surface area contributed by atoms with Crippen LogP contribution in [0.5, 0.6) is 0 Å². The summed E-state index contributed by atoms with van der Waals surface area (Å²) in [5.41, 5.74) is 4.39. The molecule has 118 valence electrons. The first-order valence-corrected chi connectivity index (χ1v) is 6.54. The van der Waals surface area contributed by atoms with Crippen LogP contribution in [-0.4, -0.2) is 23.5 Å². The number of aromatic nitrogens is 1. The third-order valence-corrected chi connectivity index (χ3v) is 2.79. The first-order chi connectivity index (χ1) is 9.65. The molecule has 0 aliphatic carbocycles. The van der Waals surface area contributed by atoms with Gasteiger partial charge in [0.1, 0.15) is 17.7 Å². The minimum Gasteiger partial charge on any atom is -0.370 e. The summed E-state index contributed by atoms with van der Waals surface area (Å²) in [5, 5.41) is 5.39. The maximum atomic E-state index is 12.9. The van der Waals surface area contributed by atoms with E-state index in [1.807, 2.05) is 0 Å². The molecular formula is C13H19F3N4O. The summed E-state index contributed by atoms with van der Waals surface area (Å²) in [6, 6.07) is 0.984. The average molecular weight is 304 g/mol. The first kappa shape index (κ1) is 17.1. The van der Waals surface area contributed by atoms with Crippen LogP contribution in [0, 0.1) is 5.92 Å². The normalized spacial score (nSPS) is 13.1. The number of anilines is 2. The molecule has 1 aromatic heterocycles. The van der Waals surface area contributed by atoms with E-state index in [9.17, 15) is 18.0 Å². The van der Waals surface area contributed by atoms with Crippen molar-refractivity contribution >= 4 is 17.5 Å². The molecule has 1 amide bonds. The number of hydrogen-bond donors (Lipinski definition) is 3. The summed E-state index contributed by atoms with van der Waals surface area (Å²) in [6.07, 6.45) is -4.50. The molecule has 0 saturated heterocycles. The van der Waals surface area contributed by atoms with Gasteiger partial charge in [-0.15, -0.1) is 0 Å². The van der Waals surface area contributed by atoms with E-state index in [2.05, 4.69) is 15.6 Å². The monoisotopic (exact) mass is 304 g/mol. The van der Waals surface area contributed by atoms with Crippen molar-refractivity contribution in [3.05, 3.63) is 17.7 Å². The molecule has 0 spiro atoms. The van der Waals surface area contributed by atoms with E-state index in [-0.39, 0.29) is 17.6 Å². The number of pyridine rings is 1. The molecule has 4 N–H and O–H groups in total. The van der Waals surface area contributed by atoms with Crippen molar-refractivity contribution in [3.63, 3.8) is 0 Å². The molecule has 0 radical (unpaired) electrons. The van der Waals surface area contributed by atoms with Gasteiger partial charge in [-0.25, -0.2) is 4.98 Å². The third kappa shape index (κ3) is 4.80. The summed E-state index contributed by atoms with van der Waals surface area (Å²) in [4.78, 5) is 15.3. The number of nitrogens with two attached hydrogens (primary N) is 1. The maximum absolute atomic E-state index is 12.9. The number of rotatable bonds is 6. The standard InChI is InChI=1S/C13H19F3N4O/c1-4-18-9-5-8(13(14,15)16)6-10(19-9)20-11(7(2)3)12(17)21/h5-7,11H,4H2,1-3H3,(H2,17,21)(H2,18,19,20). The van der Waals surface area contributed by atoms with Gasteiger partial charge in [-0.1, -0.05) is 13.8 Å². The van der Waals surface area contributed by atoms with Crippen LogP contribution in [0.25, 0.3) is 0 Å². The molecule has 1 unspecified atom stereocenters. The van der Waals surface area contributed by atoms with Crippen LogP contribution >= 0.6 is 0 Å². The highest BCUT2D eigenvalue weighted by Crippen LogP contribution is 2.32. The van der Waals surface area contributed by atoms with Crippen LogP contribution in [-0.2, 0) is 11.0 Å². The molecular weight excluding hydrogens is 285 g/mol. The topological polar surface area (TPSA) is 80.0 Å². The molecule has 0 bridgehead atoms. The number of hydrogen-bond acceptors (Lipinski definition) is 4. The summed E-state index contributed by atoms with van der Waals surface area (Å²) < 4.78 is 38.6. The van der Waals surface area contributed by atoms with Crippen LogP contribution in [0.15, 0.2) is 12.1 Å². The lowest BCUT2D eigenvalue weighted by Gasteiger charge is -2.21. The van der Waals surface area contributed by atoms with Crippen molar-refractivity contribution in [2.24, 2.45) is 11.7 Å². The van der Waals surface area contributed by atoms with Gasteiger partial charge in [0, 0.05) is 6.54 Å². The Morgan fingerprint density at radius 2 is 1.90 bits per heavy atom. The minimum absolute atomic E-state index is 0.0433. The fourth-order valence-corrected chi connectivity index (χ4v) is 1.77. The largest absolute Gasteiger partial charge is 0.416 e. The Balaban J connectivity index is 3.16. The van der Waals surface area contributed by atoms with Crippen molar-refractivity contribution in [2.45, 2.75) is 33.0 Å². The Bertz CT molecular complexity index is 503. The Kier molecular flexibility index (Phi) is 5.40. The number of primary amides is 1. The van der Waals surface area contributed by atoms with Crippen molar-refractivity contribution < 1.29 is 18.0 Å². The van der Waals surface area contributed by atoms with E-state index in [0.29, 0.717) is 6.54 Å². The second-order valence-corrected chi connectivity index (χ2v) is 4.92. The number of nitrogens with one attached hydrogen (secondary N) is 2. The highest BCUT2D eigenvalue weighted by atomic mass is 19.4. The maximum Gasteiger partial charge on any atom is 0.416 e. The molecule has 0 aliphatic heterocycles. The van der Waals surface area contributed by atoms with Crippen molar-refractivity contribution in [1.29, 1.82) is 0 Å². The number of carbonyl (C=O) groups excluding carboxylic acids is 1. The summed E-state index contributed by atoms with van der Waals surface area (Å²) in [6.45, 7) is 5.65. The van der Waals surface area contributed by atoms with Gasteiger partial charge in [-0.3, -0.25) is 4.79 Å². The van der Waals surface area contributed by atoms with Crippen LogP contribution in [0.2, 0.25) is 0 Å². The van der Waals surface area contributed by atoms with Gasteiger partial charge in [-0.2, -0.15) is 13.2 Å². The first-order valence-electron chi connectivity index (χ1n) is 6.54. The number of alkyl halides is 3. The van der Waals surface area contributed by atoms with Crippen molar-refractivity contribution in [1.82, 2.24) is 4.98 Å². The highest BCUT2D eigenvalue weighted by molar-refractivity contribution is 5.83. The van der Waals surface area contributed by atoms with E-state index in [1.54, 1.807) is 20.8 Å². The average Bonchev–Trinajstić information content (AvgIpc) is 2.34. The molecule has 0 aromatic carbocycles. The van der Waals surface area contributed by atoms with Crippen LogP contribution in [0.4, 0.5) is 24.8 Å². The van der Waals surface area contributed by atoms with E-state index in [0.717, 1.165) is 12.1 Å². The van der Waals surface area contributed by atoms with Gasteiger partial charge < -0.3 is 16.4 Å². The molecule has 1 aromatic rings. The van der Waals surface area contributed by atoms with Crippen LogP contribution < -0.4 is 16.4 Å². The van der Waals surface area contributed by atoms with Crippen molar-refractivity contribution in [2.75, 3.05) is 17.2 Å². The molecule has 0 saturated carbocycles. The van der Waals surface area contributed by atoms with Crippen LogP contribution in [0.1, 0.15) is 26.3 Å². The minimum atomic E-state index is -4.50. The molecule has 21 heavy (non-hydrogen) atoms. The molecule has 1 rings (SSSR count). The smallest absolute Gasteiger partial charge is 0.370 e. The predicted octanol–water partition coefficient (Wildman–Crippen LogP) is 2.45. The Morgan fingerprint density at radius 1 is 1.33 bits per heavy atom. The molecule has 5 nitrogen and oxygen atoms in total. The fraction of sp³-hybridized carbons (Fsp3) is 0.538. The highest BCUT2D eigenvalue weighted by Gasteiger charge is 2.32. The second kappa shape index (κ2) is 6.64. The van der Waals surface area contributed by atoms with Gasteiger partial charge in [0.2, 0.25) is 5.91 Å². The number of halogens is 3. The SMILES string of the molecule is CCNc1cc(C(F)(F)F)cc(NC(C(N)=O)C(C)C)n1. The third-order valence-electron chi connectivity index (χ3n) is 2.79. The second-order valence-electron chi connectivity index (χ2n) is 4.92. The Labute approximate surface area is 121 Å². The van der Waals surface area contributed by atoms with Gasteiger partial charge in [0.05, 0.1) is 5.56 Å². The Morgan fingerprint density at radius 3 is 2.33 bits per heavy atom. The van der Waals surface area contributed by atoms with E-state index in [4.69, 9.17) is 5.73 Å². The fourth-order valence-electron chi connectivity index (χ4n) is 1.77. The number of carbonyl (C=O) groups is 1. The lowest BCUT2D eigenvalue weighted by molar-refractivity contribution is -0.137. The lowest BCUT2D eigenvalue weighted by Crippen LogP contribution is -2.39. The zero-order valence-electron chi connectivity index (χ0n) is 12.1. The van der Waals surface area contributed by atoms with Gasteiger partial charge in [-0.05, 0) is 25.0 Å². The summed E-state index contributed by atoms with van der Waals surface area (Å²) in [7, 11) is 0. The van der Waals surface area contributed by atoms with Gasteiger partial charge in [0.15, 0.2) is 0 Å². The van der Waals surface area contributed by atoms with Crippen molar-refractivity contribution in [3.8, 4) is 0 Å². The van der Waals surface area contributed by atoms with E-state index in [1.165, 1.54) is 0 Å². The lowest BCUT2D eigenvalue weighted by atomic mass is 10.0. The molecule has 0 aliphatic rings. The zero-order valence-corrected chi connectivity index (χ0v) is 12.1.